The van der Waals surface area contributed by atoms with E-state index < -0.39 is 5.60 Å². The van der Waals surface area contributed by atoms with Crippen LogP contribution in [0.3, 0.4) is 0 Å². The van der Waals surface area contributed by atoms with Crippen LogP contribution in [0, 0.1) is 0 Å². The average Bonchev–Trinajstić information content (AvgIpc) is 2.76. The Morgan fingerprint density at radius 1 is 1.29 bits per heavy atom. The Hall–Kier alpha value is -1.55. The maximum absolute atomic E-state index is 11.7. The van der Waals surface area contributed by atoms with Crippen LogP contribution in [0.25, 0.3) is 0 Å². The first kappa shape index (κ1) is 15.8. The molecule has 0 fully saturated rings. The SMILES string of the molecule is CC(CNC1Cc2ccccc2C1)NC(=O)OC(C)(C)C. The highest BCUT2D eigenvalue weighted by molar-refractivity contribution is 5.68. The third kappa shape index (κ3) is 5.05. The molecule has 1 aliphatic rings. The van der Waals surface area contributed by atoms with E-state index in [-0.39, 0.29) is 12.1 Å². The van der Waals surface area contributed by atoms with E-state index in [0.29, 0.717) is 6.04 Å². The summed E-state index contributed by atoms with van der Waals surface area (Å²) < 4.78 is 5.25. The zero-order chi connectivity index (χ0) is 15.5. The number of hydrogen-bond donors (Lipinski definition) is 2. The number of carbonyl (C=O) groups is 1. The molecule has 1 aromatic rings. The fraction of sp³-hybridized carbons (Fsp3) is 0.588. The maximum atomic E-state index is 11.7. The molecule has 0 spiro atoms. The molecule has 1 atom stereocenters. The lowest BCUT2D eigenvalue weighted by Gasteiger charge is -2.23. The normalized spacial score (nSPS) is 16.4. The molecule has 2 rings (SSSR count). The first-order chi connectivity index (χ1) is 9.83. The number of ether oxygens (including phenoxy) is 1. The van der Waals surface area contributed by atoms with Gasteiger partial charge in [-0.3, -0.25) is 0 Å². The Kier molecular flexibility index (Phi) is 4.88. The Labute approximate surface area is 127 Å². The van der Waals surface area contributed by atoms with Crippen LogP contribution in [0.4, 0.5) is 4.79 Å². The Balaban J connectivity index is 1.71. The number of rotatable bonds is 4. The molecule has 0 saturated heterocycles. The van der Waals surface area contributed by atoms with Crippen LogP contribution in [0.5, 0.6) is 0 Å². The summed E-state index contributed by atoms with van der Waals surface area (Å²) in [7, 11) is 0. The standard InChI is InChI=1S/C17H26N2O2/c1-12(19-16(20)21-17(2,3)4)11-18-15-9-13-7-5-6-8-14(13)10-15/h5-8,12,15,18H,9-11H2,1-4H3,(H,19,20). The van der Waals surface area contributed by atoms with Crippen molar-refractivity contribution in [3.8, 4) is 0 Å². The predicted octanol–water partition coefficient (Wildman–Crippen LogP) is 2.66. The van der Waals surface area contributed by atoms with E-state index in [1.165, 1.54) is 11.1 Å². The van der Waals surface area contributed by atoms with E-state index in [0.717, 1.165) is 19.4 Å². The molecular weight excluding hydrogens is 264 g/mol. The Morgan fingerprint density at radius 3 is 2.38 bits per heavy atom. The molecule has 0 radical (unpaired) electrons. The van der Waals surface area contributed by atoms with Crippen LogP contribution < -0.4 is 10.6 Å². The fourth-order valence-corrected chi connectivity index (χ4v) is 2.61. The fourth-order valence-electron chi connectivity index (χ4n) is 2.61. The Morgan fingerprint density at radius 2 is 1.86 bits per heavy atom. The van der Waals surface area contributed by atoms with Crippen molar-refractivity contribution in [2.24, 2.45) is 0 Å². The van der Waals surface area contributed by atoms with Crippen LogP contribution in [-0.2, 0) is 17.6 Å². The number of fused-ring (bicyclic) bond motifs is 1. The number of alkyl carbamates (subject to hydrolysis) is 1. The lowest BCUT2D eigenvalue weighted by atomic mass is 10.1. The summed E-state index contributed by atoms with van der Waals surface area (Å²) in [6.07, 6.45) is 1.77. The van der Waals surface area contributed by atoms with Gasteiger partial charge in [-0.15, -0.1) is 0 Å². The highest BCUT2D eigenvalue weighted by Crippen LogP contribution is 2.21. The van der Waals surface area contributed by atoms with Crippen molar-refractivity contribution >= 4 is 6.09 Å². The van der Waals surface area contributed by atoms with E-state index >= 15 is 0 Å². The molecule has 1 aliphatic carbocycles. The van der Waals surface area contributed by atoms with Gasteiger partial charge in [0, 0.05) is 18.6 Å². The number of hydrogen-bond acceptors (Lipinski definition) is 3. The average molecular weight is 290 g/mol. The lowest BCUT2D eigenvalue weighted by Crippen LogP contribution is -2.45. The summed E-state index contributed by atoms with van der Waals surface area (Å²) in [5, 5.41) is 6.38. The number of benzene rings is 1. The van der Waals surface area contributed by atoms with Gasteiger partial charge in [0.2, 0.25) is 0 Å². The van der Waals surface area contributed by atoms with Crippen LogP contribution in [0.1, 0.15) is 38.8 Å². The van der Waals surface area contributed by atoms with Crippen molar-refractivity contribution in [3.05, 3.63) is 35.4 Å². The molecule has 21 heavy (non-hydrogen) atoms. The van der Waals surface area contributed by atoms with Crippen LogP contribution >= 0.6 is 0 Å². The molecule has 4 heteroatoms. The van der Waals surface area contributed by atoms with Crippen molar-refractivity contribution in [3.63, 3.8) is 0 Å². The van der Waals surface area contributed by atoms with Gasteiger partial charge in [0.25, 0.3) is 0 Å². The van der Waals surface area contributed by atoms with E-state index in [1.807, 2.05) is 27.7 Å². The maximum Gasteiger partial charge on any atom is 0.407 e. The molecule has 4 nitrogen and oxygen atoms in total. The van der Waals surface area contributed by atoms with E-state index in [2.05, 4.69) is 34.9 Å². The topological polar surface area (TPSA) is 50.4 Å². The van der Waals surface area contributed by atoms with Gasteiger partial charge in [0.1, 0.15) is 5.60 Å². The molecule has 0 heterocycles. The molecule has 1 aromatic carbocycles. The highest BCUT2D eigenvalue weighted by atomic mass is 16.6. The zero-order valence-corrected chi connectivity index (χ0v) is 13.4. The molecule has 1 unspecified atom stereocenters. The minimum Gasteiger partial charge on any atom is -0.444 e. The molecule has 0 aromatic heterocycles. The molecule has 0 aliphatic heterocycles. The van der Waals surface area contributed by atoms with Crippen molar-refractivity contribution in [1.29, 1.82) is 0 Å². The van der Waals surface area contributed by atoms with Crippen LogP contribution in [0.2, 0.25) is 0 Å². The second-order valence-electron chi connectivity index (χ2n) is 6.83. The zero-order valence-electron chi connectivity index (χ0n) is 13.4. The van der Waals surface area contributed by atoms with Gasteiger partial charge in [-0.25, -0.2) is 4.79 Å². The summed E-state index contributed by atoms with van der Waals surface area (Å²) in [5.74, 6) is 0. The number of amides is 1. The summed E-state index contributed by atoms with van der Waals surface area (Å²) in [5.41, 5.74) is 2.41. The van der Waals surface area contributed by atoms with E-state index in [9.17, 15) is 4.79 Å². The van der Waals surface area contributed by atoms with Crippen LogP contribution in [0.15, 0.2) is 24.3 Å². The van der Waals surface area contributed by atoms with Crippen molar-refractivity contribution < 1.29 is 9.53 Å². The van der Waals surface area contributed by atoms with Gasteiger partial charge in [-0.05, 0) is 51.7 Å². The first-order valence-corrected chi connectivity index (χ1v) is 7.63. The van der Waals surface area contributed by atoms with Gasteiger partial charge in [-0.1, -0.05) is 24.3 Å². The van der Waals surface area contributed by atoms with Gasteiger partial charge in [0.15, 0.2) is 0 Å². The number of nitrogens with one attached hydrogen (secondary N) is 2. The van der Waals surface area contributed by atoms with Gasteiger partial charge >= 0.3 is 6.09 Å². The molecule has 0 bridgehead atoms. The van der Waals surface area contributed by atoms with Gasteiger partial charge in [0.05, 0.1) is 0 Å². The highest BCUT2D eigenvalue weighted by Gasteiger charge is 2.22. The second kappa shape index (κ2) is 6.48. The third-order valence-corrected chi connectivity index (χ3v) is 3.53. The van der Waals surface area contributed by atoms with E-state index in [4.69, 9.17) is 4.74 Å². The van der Waals surface area contributed by atoms with Crippen molar-refractivity contribution in [2.75, 3.05) is 6.54 Å². The Bertz CT molecular complexity index is 469. The lowest BCUT2D eigenvalue weighted by molar-refractivity contribution is 0.0507. The smallest absolute Gasteiger partial charge is 0.407 e. The van der Waals surface area contributed by atoms with Gasteiger partial charge < -0.3 is 15.4 Å². The van der Waals surface area contributed by atoms with E-state index in [1.54, 1.807) is 0 Å². The second-order valence-corrected chi connectivity index (χ2v) is 6.83. The first-order valence-electron chi connectivity index (χ1n) is 7.63. The summed E-state index contributed by atoms with van der Waals surface area (Å²) in [6, 6.07) is 9.08. The van der Waals surface area contributed by atoms with Crippen molar-refractivity contribution in [1.82, 2.24) is 10.6 Å². The van der Waals surface area contributed by atoms with Crippen molar-refractivity contribution in [2.45, 2.75) is 58.2 Å². The predicted molar refractivity (Wildman–Crippen MR) is 84.5 cm³/mol. The molecule has 1 amide bonds. The monoisotopic (exact) mass is 290 g/mol. The molecule has 2 N–H and O–H groups in total. The van der Waals surface area contributed by atoms with Crippen LogP contribution in [-0.4, -0.2) is 30.3 Å². The largest absolute Gasteiger partial charge is 0.444 e. The quantitative estimate of drug-likeness (QED) is 0.896. The molecular formula is C17H26N2O2. The minimum absolute atomic E-state index is 0.0450. The van der Waals surface area contributed by atoms with Gasteiger partial charge in [-0.2, -0.15) is 0 Å². The molecule has 0 saturated carbocycles. The minimum atomic E-state index is -0.454. The summed E-state index contributed by atoms with van der Waals surface area (Å²) in [4.78, 5) is 11.7. The third-order valence-electron chi connectivity index (χ3n) is 3.53. The number of carbonyl (C=O) groups excluding carboxylic acids is 1. The summed E-state index contributed by atoms with van der Waals surface area (Å²) in [6.45, 7) is 8.33. The molecule has 116 valence electrons. The summed E-state index contributed by atoms with van der Waals surface area (Å²) >= 11 is 0.